The fourth-order valence-corrected chi connectivity index (χ4v) is 3.14. The fraction of sp³-hybridized carbons (Fsp3) is 0.190. The maximum absolute atomic E-state index is 5.39. The summed E-state index contributed by atoms with van der Waals surface area (Å²) in [7, 11) is 4.70. The molecule has 0 spiro atoms. The number of aryl methyl sites for hydroxylation is 1. The van der Waals surface area contributed by atoms with Crippen LogP contribution in [-0.2, 0) is 0 Å². The van der Waals surface area contributed by atoms with Gasteiger partial charge in [-0.3, -0.25) is 5.10 Å². The molecule has 0 atom stereocenters. The van der Waals surface area contributed by atoms with Crippen LogP contribution in [0.5, 0.6) is 17.2 Å². The lowest BCUT2D eigenvalue weighted by Gasteiger charge is -2.15. The molecule has 154 valence electrons. The summed E-state index contributed by atoms with van der Waals surface area (Å²) in [5.41, 5.74) is 3.51. The summed E-state index contributed by atoms with van der Waals surface area (Å²) in [5.74, 6) is 2.66. The van der Waals surface area contributed by atoms with Crippen LogP contribution in [0.1, 0.15) is 5.69 Å². The van der Waals surface area contributed by atoms with Crippen molar-refractivity contribution in [2.24, 2.45) is 0 Å². The van der Waals surface area contributed by atoms with Gasteiger partial charge in [0.15, 0.2) is 11.5 Å². The van der Waals surface area contributed by atoms with E-state index in [9.17, 15) is 0 Å². The van der Waals surface area contributed by atoms with Crippen LogP contribution in [0, 0.1) is 6.92 Å². The minimum Gasteiger partial charge on any atom is -0.493 e. The third-order valence-electron chi connectivity index (χ3n) is 4.59. The number of fused-ring (bicyclic) bond motifs is 1. The molecule has 0 aliphatic heterocycles. The summed E-state index contributed by atoms with van der Waals surface area (Å²) < 4.78 is 16.1. The maximum Gasteiger partial charge on any atom is 0.229 e. The summed E-state index contributed by atoms with van der Waals surface area (Å²) in [6.07, 6.45) is 1.67. The van der Waals surface area contributed by atoms with Gasteiger partial charge in [-0.05, 0) is 31.2 Å². The molecule has 2 aromatic carbocycles. The highest BCUT2D eigenvalue weighted by atomic mass is 16.5. The summed E-state index contributed by atoms with van der Waals surface area (Å²) in [4.78, 5) is 8.82. The van der Waals surface area contributed by atoms with Crippen LogP contribution in [0.2, 0.25) is 0 Å². The average Bonchev–Trinajstić information content (AvgIpc) is 3.13. The molecule has 4 aromatic rings. The van der Waals surface area contributed by atoms with Gasteiger partial charge in [-0.15, -0.1) is 0 Å². The zero-order valence-corrected chi connectivity index (χ0v) is 17.1. The molecule has 0 aliphatic rings. The van der Waals surface area contributed by atoms with E-state index < -0.39 is 0 Å². The molecule has 30 heavy (non-hydrogen) atoms. The lowest BCUT2D eigenvalue weighted by Crippen LogP contribution is -2.02. The van der Waals surface area contributed by atoms with Crippen LogP contribution in [0.25, 0.3) is 10.9 Å². The number of H-pyrrole nitrogens is 1. The number of ether oxygens (including phenoxy) is 3. The molecule has 2 aromatic heterocycles. The van der Waals surface area contributed by atoms with Crippen molar-refractivity contribution in [3.05, 3.63) is 48.3 Å². The minimum atomic E-state index is 0.422. The molecule has 0 amide bonds. The molecule has 0 aliphatic carbocycles. The van der Waals surface area contributed by atoms with Crippen LogP contribution < -0.4 is 24.8 Å². The Labute approximate surface area is 173 Å². The van der Waals surface area contributed by atoms with E-state index in [1.54, 1.807) is 45.7 Å². The number of benzene rings is 2. The first-order valence-electron chi connectivity index (χ1n) is 9.23. The summed E-state index contributed by atoms with van der Waals surface area (Å²) in [6, 6.07) is 11.3. The molecule has 0 saturated carbocycles. The van der Waals surface area contributed by atoms with Crippen molar-refractivity contribution in [2.75, 3.05) is 32.0 Å². The second-order valence-electron chi connectivity index (χ2n) is 6.51. The van der Waals surface area contributed by atoms with E-state index in [-0.39, 0.29) is 0 Å². The van der Waals surface area contributed by atoms with Gasteiger partial charge in [-0.25, -0.2) is 4.98 Å². The number of aromatic amines is 1. The van der Waals surface area contributed by atoms with Gasteiger partial charge in [0.2, 0.25) is 11.7 Å². The van der Waals surface area contributed by atoms with E-state index in [1.165, 1.54) is 0 Å². The third-order valence-corrected chi connectivity index (χ3v) is 4.59. The first-order chi connectivity index (χ1) is 14.6. The topological polar surface area (TPSA) is 106 Å². The number of aromatic nitrogens is 4. The van der Waals surface area contributed by atoms with Gasteiger partial charge in [-0.1, -0.05) is 0 Å². The Hall–Kier alpha value is -4.01. The van der Waals surface area contributed by atoms with E-state index in [1.807, 2.05) is 25.1 Å². The molecule has 2 heterocycles. The second-order valence-corrected chi connectivity index (χ2v) is 6.51. The average molecular weight is 406 g/mol. The maximum atomic E-state index is 5.39. The number of nitrogens with zero attached hydrogens (tertiary/aromatic N) is 3. The van der Waals surface area contributed by atoms with Crippen LogP contribution >= 0.6 is 0 Å². The summed E-state index contributed by atoms with van der Waals surface area (Å²) in [6.45, 7) is 1.99. The Bertz CT molecular complexity index is 1170. The standard InChI is InChI=1S/C21H22N6O3/c1-12-15-6-5-13(9-16(15)27-26-12)23-19-7-8-22-21(25-19)24-14-10-17(28-2)20(30-4)18(11-14)29-3/h5-11H,1-4H3,(H,26,27)(H2,22,23,24,25). The highest BCUT2D eigenvalue weighted by molar-refractivity contribution is 5.85. The molecule has 4 rings (SSSR count). The highest BCUT2D eigenvalue weighted by Gasteiger charge is 2.14. The SMILES string of the molecule is COc1cc(Nc2nccc(Nc3ccc4c(C)[nH]nc4c3)n2)cc(OC)c1OC. The molecular formula is C21H22N6O3. The first-order valence-corrected chi connectivity index (χ1v) is 9.23. The van der Waals surface area contributed by atoms with Gasteiger partial charge in [0.05, 0.1) is 26.8 Å². The molecule has 0 fully saturated rings. The molecule has 0 bridgehead atoms. The Balaban J connectivity index is 1.57. The van der Waals surface area contributed by atoms with Crippen LogP contribution in [-0.4, -0.2) is 41.5 Å². The number of rotatable bonds is 7. The normalized spacial score (nSPS) is 10.7. The van der Waals surface area contributed by atoms with Crippen LogP contribution in [0.4, 0.5) is 23.1 Å². The van der Waals surface area contributed by atoms with Crippen LogP contribution in [0.3, 0.4) is 0 Å². The molecule has 3 N–H and O–H groups in total. The van der Waals surface area contributed by atoms with Gasteiger partial charge in [-0.2, -0.15) is 10.1 Å². The quantitative estimate of drug-likeness (QED) is 0.420. The van der Waals surface area contributed by atoms with Crippen LogP contribution in [0.15, 0.2) is 42.6 Å². The van der Waals surface area contributed by atoms with Gasteiger partial charge < -0.3 is 24.8 Å². The predicted molar refractivity (Wildman–Crippen MR) is 116 cm³/mol. The van der Waals surface area contributed by atoms with Crippen molar-refractivity contribution in [3.63, 3.8) is 0 Å². The Morgan fingerprint density at radius 3 is 2.33 bits per heavy atom. The van der Waals surface area contributed by atoms with Crippen molar-refractivity contribution >= 4 is 34.0 Å². The van der Waals surface area contributed by atoms with Crippen molar-refractivity contribution in [1.29, 1.82) is 0 Å². The molecule has 0 saturated heterocycles. The molecule has 9 heteroatoms. The number of hydrogen-bond acceptors (Lipinski definition) is 8. The van der Waals surface area contributed by atoms with E-state index in [0.29, 0.717) is 34.7 Å². The number of nitrogens with one attached hydrogen (secondary N) is 3. The van der Waals surface area contributed by atoms with Gasteiger partial charge >= 0.3 is 0 Å². The Morgan fingerprint density at radius 1 is 0.867 bits per heavy atom. The second kappa shape index (κ2) is 8.16. The molecule has 0 unspecified atom stereocenters. The van der Waals surface area contributed by atoms with Crippen molar-refractivity contribution < 1.29 is 14.2 Å². The highest BCUT2D eigenvalue weighted by Crippen LogP contribution is 2.40. The smallest absolute Gasteiger partial charge is 0.229 e. The van der Waals surface area contributed by atoms with E-state index in [0.717, 1.165) is 22.3 Å². The van der Waals surface area contributed by atoms with Crippen molar-refractivity contribution in [2.45, 2.75) is 6.92 Å². The fourth-order valence-electron chi connectivity index (χ4n) is 3.14. The third kappa shape index (κ3) is 3.77. The van der Waals surface area contributed by atoms with E-state index >= 15 is 0 Å². The first kappa shape index (κ1) is 19.3. The predicted octanol–water partition coefficient (Wildman–Crippen LogP) is 4.17. The van der Waals surface area contributed by atoms with Gasteiger partial charge in [0.1, 0.15) is 5.82 Å². The monoisotopic (exact) mass is 406 g/mol. The Morgan fingerprint density at radius 2 is 1.63 bits per heavy atom. The Kier molecular flexibility index (Phi) is 5.25. The largest absolute Gasteiger partial charge is 0.493 e. The number of hydrogen-bond donors (Lipinski definition) is 3. The van der Waals surface area contributed by atoms with E-state index in [4.69, 9.17) is 14.2 Å². The number of anilines is 4. The molecular weight excluding hydrogens is 384 g/mol. The lowest BCUT2D eigenvalue weighted by molar-refractivity contribution is 0.324. The molecule has 9 nitrogen and oxygen atoms in total. The zero-order valence-electron chi connectivity index (χ0n) is 17.1. The zero-order chi connectivity index (χ0) is 21.1. The summed E-state index contributed by atoms with van der Waals surface area (Å²) >= 11 is 0. The van der Waals surface area contributed by atoms with Crippen molar-refractivity contribution in [3.8, 4) is 17.2 Å². The van der Waals surface area contributed by atoms with E-state index in [2.05, 4.69) is 30.8 Å². The minimum absolute atomic E-state index is 0.422. The van der Waals surface area contributed by atoms with Gasteiger partial charge in [0.25, 0.3) is 0 Å². The summed E-state index contributed by atoms with van der Waals surface area (Å²) in [5, 5.41) is 14.8. The number of methoxy groups -OCH3 is 3. The molecule has 0 radical (unpaired) electrons. The van der Waals surface area contributed by atoms with Gasteiger partial charge in [0, 0.05) is 40.8 Å². The lowest BCUT2D eigenvalue weighted by atomic mass is 10.2. The van der Waals surface area contributed by atoms with Crippen molar-refractivity contribution in [1.82, 2.24) is 20.2 Å².